The van der Waals surface area contributed by atoms with Crippen LogP contribution < -0.4 is 4.74 Å². The van der Waals surface area contributed by atoms with E-state index in [0.29, 0.717) is 37.6 Å². The van der Waals surface area contributed by atoms with Gasteiger partial charge in [-0.05, 0) is 42.5 Å². The molecule has 8 heteroatoms. The van der Waals surface area contributed by atoms with E-state index in [-0.39, 0.29) is 17.3 Å². The van der Waals surface area contributed by atoms with Gasteiger partial charge in [0, 0.05) is 23.1 Å². The summed E-state index contributed by atoms with van der Waals surface area (Å²) >= 11 is 3.29. The topological polar surface area (TPSA) is 55.8 Å². The van der Waals surface area contributed by atoms with Gasteiger partial charge in [0.05, 0.1) is 18.1 Å². The van der Waals surface area contributed by atoms with Crippen molar-refractivity contribution in [2.45, 2.75) is 11.5 Å². The molecule has 1 heterocycles. The van der Waals surface area contributed by atoms with Crippen LogP contribution in [0.3, 0.4) is 0 Å². The summed E-state index contributed by atoms with van der Waals surface area (Å²) in [4.78, 5) is 0.204. The molecular weight excluding hydrogens is 413 g/mol. The summed E-state index contributed by atoms with van der Waals surface area (Å²) in [7, 11) is -3.53. The number of morpholine rings is 1. The number of hydrogen-bond donors (Lipinski definition) is 0. The van der Waals surface area contributed by atoms with Gasteiger partial charge in [-0.1, -0.05) is 15.9 Å². The molecular formula is C17H17BrFNO4S. The second-order valence-corrected chi connectivity index (χ2v) is 8.37. The van der Waals surface area contributed by atoms with Gasteiger partial charge in [0.15, 0.2) is 0 Å². The van der Waals surface area contributed by atoms with Crippen molar-refractivity contribution >= 4 is 26.0 Å². The molecule has 0 atom stereocenters. The van der Waals surface area contributed by atoms with E-state index < -0.39 is 10.0 Å². The lowest BCUT2D eigenvalue weighted by molar-refractivity contribution is 0.0730. The third-order valence-electron chi connectivity index (χ3n) is 3.83. The molecule has 0 bridgehead atoms. The van der Waals surface area contributed by atoms with Crippen molar-refractivity contribution in [2.24, 2.45) is 0 Å². The molecule has 0 saturated carbocycles. The number of nitrogens with zero attached hydrogens (tertiary/aromatic N) is 1. The summed E-state index contributed by atoms with van der Waals surface area (Å²) in [5, 5.41) is 0. The van der Waals surface area contributed by atoms with E-state index in [1.165, 1.54) is 22.5 Å². The third kappa shape index (κ3) is 4.38. The van der Waals surface area contributed by atoms with E-state index in [0.717, 1.165) is 4.47 Å². The summed E-state index contributed by atoms with van der Waals surface area (Å²) in [6, 6.07) is 10.8. The molecule has 2 aromatic rings. The molecule has 1 aliphatic rings. The average molecular weight is 430 g/mol. The highest BCUT2D eigenvalue weighted by Gasteiger charge is 2.26. The fourth-order valence-electron chi connectivity index (χ4n) is 2.46. The third-order valence-corrected chi connectivity index (χ3v) is 6.24. The minimum Gasteiger partial charge on any atom is -0.489 e. The van der Waals surface area contributed by atoms with Crippen LogP contribution in [-0.2, 0) is 21.4 Å². The zero-order valence-corrected chi connectivity index (χ0v) is 15.7. The molecule has 0 unspecified atom stereocenters. The normalized spacial score (nSPS) is 15.9. The second kappa shape index (κ2) is 7.82. The number of hydrogen-bond acceptors (Lipinski definition) is 4. The van der Waals surface area contributed by atoms with Crippen LogP contribution in [-0.4, -0.2) is 39.0 Å². The summed E-state index contributed by atoms with van der Waals surface area (Å²) < 4.78 is 51.7. The van der Waals surface area contributed by atoms with E-state index >= 15 is 0 Å². The number of ether oxygens (including phenoxy) is 2. The van der Waals surface area contributed by atoms with Crippen molar-refractivity contribution in [1.29, 1.82) is 0 Å². The SMILES string of the molecule is O=S(=O)(c1ccc(OCc2cc(Br)ccc2F)cc1)N1CCOCC1. The highest BCUT2D eigenvalue weighted by molar-refractivity contribution is 9.10. The first-order valence-corrected chi connectivity index (χ1v) is 9.95. The Kier molecular flexibility index (Phi) is 5.73. The van der Waals surface area contributed by atoms with E-state index in [1.54, 1.807) is 24.3 Å². The van der Waals surface area contributed by atoms with Crippen LogP contribution >= 0.6 is 15.9 Å². The molecule has 1 aliphatic heterocycles. The number of sulfonamides is 1. The van der Waals surface area contributed by atoms with E-state index in [4.69, 9.17) is 9.47 Å². The highest BCUT2D eigenvalue weighted by atomic mass is 79.9. The van der Waals surface area contributed by atoms with Gasteiger partial charge in [-0.15, -0.1) is 0 Å². The molecule has 1 fully saturated rings. The van der Waals surface area contributed by atoms with Crippen molar-refractivity contribution in [1.82, 2.24) is 4.31 Å². The van der Waals surface area contributed by atoms with Crippen LogP contribution in [0.1, 0.15) is 5.56 Å². The molecule has 5 nitrogen and oxygen atoms in total. The zero-order chi connectivity index (χ0) is 17.9. The van der Waals surface area contributed by atoms with Gasteiger partial charge in [0.2, 0.25) is 10.0 Å². The van der Waals surface area contributed by atoms with Crippen LogP contribution in [0, 0.1) is 5.82 Å². The lowest BCUT2D eigenvalue weighted by Crippen LogP contribution is -2.40. The fraction of sp³-hybridized carbons (Fsp3) is 0.294. The average Bonchev–Trinajstić information content (AvgIpc) is 2.63. The van der Waals surface area contributed by atoms with Gasteiger partial charge in [-0.2, -0.15) is 4.31 Å². The molecule has 0 aromatic heterocycles. The Hall–Kier alpha value is -1.48. The first-order chi connectivity index (χ1) is 12.0. The van der Waals surface area contributed by atoms with Crippen LogP contribution in [0.5, 0.6) is 5.75 Å². The van der Waals surface area contributed by atoms with Crippen molar-refractivity contribution in [3.63, 3.8) is 0 Å². The molecule has 3 rings (SSSR count). The Bertz CT molecular complexity index is 836. The van der Waals surface area contributed by atoms with E-state index in [1.807, 2.05) is 0 Å². The first-order valence-electron chi connectivity index (χ1n) is 7.71. The molecule has 0 radical (unpaired) electrons. The Balaban J connectivity index is 1.68. The lowest BCUT2D eigenvalue weighted by Gasteiger charge is -2.26. The second-order valence-electron chi connectivity index (χ2n) is 5.51. The van der Waals surface area contributed by atoms with Gasteiger partial charge >= 0.3 is 0 Å². The standard InChI is InChI=1S/C17H17BrFNO4S/c18-14-1-6-17(19)13(11-14)12-24-15-2-4-16(5-3-15)25(21,22)20-7-9-23-10-8-20/h1-6,11H,7-10,12H2. The molecule has 0 amide bonds. The number of rotatable bonds is 5. The predicted octanol–water partition coefficient (Wildman–Crippen LogP) is 3.19. The molecule has 25 heavy (non-hydrogen) atoms. The number of halogens is 2. The van der Waals surface area contributed by atoms with Crippen molar-refractivity contribution in [2.75, 3.05) is 26.3 Å². The number of benzene rings is 2. The highest BCUT2D eigenvalue weighted by Crippen LogP contribution is 2.22. The summed E-state index contributed by atoms with van der Waals surface area (Å²) in [6.07, 6.45) is 0. The van der Waals surface area contributed by atoms with Gasteiger partial charge in [-0.25, -0.2) is 12.8 Å². The molecule has 134 valence electrons. The summed E-state index contributed by atoms with van der Waals surface area (Å²) in [5.74, 6) is 0.120. The summed E-state index contributed by atoms with van der Waals surface area (Å²) in [6.45, 7) is 1.56. The Labute approximate surface area is 154 Å². The minimum atomic E-state index is -3.53. The van der Waals surface area contributed by atoms with Crippen molar-refractivity contribution in [3.8, 4) is 5.75 Å². The van der Waals surface area contributed by atoms with E-state index in [9.17, 15) is 12.8 Å². The maximum absolute atomic E-state index is 13.7. The molecule has 0 aliphatic carbocycles. The fourth-order valence-corrected chi connectivity index (χ4v) is 4.28. The molecule has 2 aromatic carbocycles. The van der Waals surface area contributed by atoms with Crippen molar-refractivity contribution in [3.05, 3.63) is 58.3 Å². The predicted molar refractivity (Wildman–Crippen MR) is 94.5 cm³/mol. The molecule has 1 saturated heterocycles. The van der Waals surface area contributed by atoms with Crippen LogP contribution in [0.25, 0.3) is 0 Å². The van der Waals surface area contributed by atoms with Gasteiger partial charge in [0.1, 0.15) is 18.2 Å². The molecule has 0 spiro atoms. The molecule has 0 N–H and O–H groups in total. The largest absolute Gasteiger partial charge is 0.489 e. The van der Waals surface area contributed by atoms with Crippen molar-refractivity contribution < 1.29 is 22.3 Å². The van der Waals surface area contributed by atoms with Gasteiger partial charge in [-0.3, -0.25) is 0 Å². The Morgan fingerprint density at radius 1 is 1.12 bits per heavy atom. The maximum Gasteiger partial charge on any atom is 0.243 e. The van der Waals surface area contributed by atoms with Crippen LogP contribution in [0.15, 0.2) is 51.8 Å². The monoisotopic (exact) mass is 429 g/mol. The maximum atomic E-state index is 13.7. The van der Waals surface area contributed by atoms with Crippen LogP contribution in [0.4, 0.5) is 4.39 Å². The van der Waals surface area contributed by atoms with E-state index in [2.05, 4.69) is 15.9 Å². The smallest absolute Gasteiger partial charge is 0.243 e. The minimum absolute atomic E-state index is 0.0564. The van der Waals surface area contributed by atoms with Crippen LogP contribution in [0.2, 0.25) is 0 Å². The Morgan fingerprint density at radius 2 is 1.80 bits per heavy atom. The summed E-state index contributed by atoms with van der Waals surface area (Å²) in [5.41, 5.74) is 0.416. The van der Waals surface area contributed by atoms with Gasteiger partial charge in [0.25, 0.3) is 0 Å². The zero-order valence-electron chi connectivity index (χ0n) is 13.3. The quantitative estimate of drug-likeness (QED) is 0.732. The first kappa shape index (κ1) is 18.3. The Morgan fingerprint density at radius 3 is 2.48 bits per heavy atom. The lowest BCUT2D eigenvalue weighted by atomic mass is 10.2. The van der Waals surface area contributed by atoms with Gasteiger partial charge < -0.3 is 9.47 Å².